The molecule has 0 radical (unpaired) electrons. The minimum absolute atomic E-state index is 0.0808. The van der Waals surface area contributed by atoms with Crippen LogP contribution in [0.1, 0.15) is 18.5 Å². The van der Waals surface area contributed by atoms with Crippen LogP contribution in [0.3, 0.4) is 0 Å². The summed E-state index contributed by atoms with van der Waals surface area (Å²) in [5, 5.41) is 4.09. The molecule has 2 aromatic carbocycles. The molecule has 21 heavy (non-hydrogen) atoms. The molecule has 1 heterocycles. The van der Waals surface area contributed by atoms with Gasteiger partial charge in [0.25, 0.3) is 0 Å². The predicted octanol–water partition coefficient (Wildman–Crippen LogP) is 6.04. The lowest BCUT2D eigenvalue weighted by Crippen LogP contribution is -2.08. The lowest BCUT2D eigenvalue weighted by molar-refractivity contribution is 0.880. The molecule has 0 spiro atoms. The number of nitrogens with zero attached hydrogens (tertiary/aromatic N) is 2. The van der Waals surface area contributed by atoms with Crippen LogP contribution in [-0.4, -0.2) is 8.75 Å². The zero-order chi connectivity index (χ0) is 15.0. The Balaban J connectivity index is 1.98. The quantitative estimate of drug-likeness (QED) is 0.532. The van der Waals surface area contributed by atoms with Crippen LogP contribution in [0.2, 0.25) is 5.02 Å². The normalized spacial score (nSPS) is 12.6. The molecule has 1 N–H and O–H groups in total. The third-order valence-corrected chi connectivity index (χ3v) is 5.20. The molecule has 108 valence electrons. The van der Waals surface area contributed by atoms with Crippen LogP contribution in [-0.2, 0) is 0 Å². The highest BCUT2D eigenvalue weighted by Crippen LogP contribution is 2.34. The number of benzene rings is 2. The summed E-state index contributed by atoms with van der Waals surface area (Å²) in [6.07, 6.45) is 0. The van der Waals surface area contributed by atoms with Crippen molar-refractivity contribution in [3.05, 3.63) is 49.9 Å². The maximum absolute atomic E-state index is 6.31. The fourth-order valence-electron chi connectivity index (χ4n) is 2.11. The molecule has 3 aromatic rings. The fourth-order valence-corrected chi connectivity index (χ4v) is 4.25. The van der Waals surface area contributed by atoms with Crippen molar-refractivity contribution >= 4 is 71.9 Å². The number of anilines is 1. The smallest absolute Gasteiger partial charge is 0.129 e. The number of halogens is 3. The van der Waals surface area contributed by atoms with E-state index in [1.165, 1.54) is 11.7 Å². The zero-order valence-electron chi connectivity index (χ0n) is 10.9. The molecule has 0 saturated heterocycles. The van der Waals surface area contributed by atoms with E-state index in [4.69, 9.17) is 11.6 Å². The van der Waals surface area contributed by atoms with Crippen molar-refractivity contribution < 1.29 is 0 Å². The van der Waals surface area contributed by atoms with Gasteiger partial charge in [0.05, 0.1) is 22.4 Å². The molecule has 0 aliphatic rings. The Kier molecular flexibility index (Phi) is 4.49. The number of nitrogens with one attached hydrogen (secondary N) is 1. The summed E-state index contributed by atoms with van der Waals surface area (Å²) in [6, 6.07) is 9.92. The molecule has 1 atom stereocenters. The van der Waals surface area contributed by atoms with Crippen LogP contribution in [0.25, 0.3) is 11.0 Å². The lowest BCUT2D eigenvalue weighted by Gasteiger charge is -2.18. The largest absolute Gasteiger partial charge is 0.375 e. The van der Waals surface area contributed by atoms with E-state index in [1.54, 1.807) is 0 Å². The van der Waals surface area contributed by atoms with Gasteiger partial charge in [0.1, 0.15) is 11.0 Å². The van der Waals surface area contributed by atoms with E-state index in [1.807, 2.05) is 24.3 Å². The average molecular weight is 448 g/mol. The first-order chi connectivity index (χ1) is 10.1. The van der Waals surface area contributed by atoms with Crippen LogP contribution >= 0.6 is 55.2 Å². The summed E-state index contributed by atoms with van der Waals surface area (Å²) in [6.45, 7) is 2.09. The van der Waals surface area contributed by atoms with Crippen LogP contribution in [0.4, 0.5) is 5.69 Å². The summed E-state index contributed by atoms with van der Waals surface area (Å²) < 4.78 is 10.6. The molecule has 0 amide bonds. The van der Waals surface area contributed by atoms with Gasteiger partial charge in [-0.25, -0.2) is 0 Å². The fraction of sp³-hybridized carbons (Fsp3) is 0.143. The standard InChI is InChI=1S/C14H10Br2ClN3S/c1-7(9-3-2-8(15)6-10(9)16)18-13-11(17)4-5-12-14(13)20-21-19-12/h2-7,18H,1H3. The molecule has 0 fully saturated rings. The molecule has 3 nitrogen and oxygen atoms in total. The van der Waals surface area contributed by atoms with E-state index < -0.39 is 0 Å². The Labute approximate surface area is 148 Å². The third-order valence-electron chi connectivity index (χ3n) is 3.17. The van der Waals surface area contributed by atoms with Gasteiger partial charge in [-0.3, -0.25) is 0 Å². The Morgan fingerprint density at radius 2 is 2.00 bits per heavy atom. The number of fused-ring (bicyclic) bond motifs is 1. The van der Waals surface area contributed by atoms with Crippen molar-refractivity contribution in [2.45, 2.75) is 13.0 Å². The van der Waals surface area contributed by atoms with Gasteiger partial charge in [0.15, 0.2) is 0 Å². The molecule has 7 heteroatoms. The highest BCUT2D eigenvalue weighted by Gasteiger charge is 2.15. The predicted molar refractivity (Wildman–Crippen MR) is 96.3 cm³/mol. The number of hydrogen-bond acceptors (Lipinski definition) is 4. The van der Waals surface area contributed by atoms with Gasteiger partial charge in [-0.05, 0) is 36.8 Å². The van der Waals surface area contributed by atoms with E-state index in [2.05, 4.69) is 58.9 Å². The van der Waals surface area contributed by atoms with Gasteiger partial charge >= 0.3 is 0 Å². The maximum atomic E-state index is 6.31. The molecule has 0 saturated carbocycles. The van der Waals surface area contributed by atoms with E-state index in [0.717, 1.165) is 31.2 Å². The zero-order valence-corrected chi connectivity index (χ0v) is 15.6. The SMILES string of the molecule is CC(Nc1c(Cl)ccc2nsnc12)c1ccc(Br)cc1Br. The second kappa shape index (κ2) is 6.20. The summed E-state index contributed by atoms with van der Waals surface area (Å²) in [5.41, 5.74) is 3.64. The van der Waals surface area contributed by atoms with Crippen molar-refractivity contribution in [1.82, 2.24) is 8.75 Å². The van der Waals surface area contributed by atoms with Crippen molar-refractivity contribution in [2.75, 3.05) is 5.32 Å². The van der Waals surface area contributed by atoms with E-state index >= 15 is 0 Å². The first-order valence-electron chi connectivity index (χ1n) is 6.18. The number of hydrogen-bond donors (Lipinski definition) is 1. The van der Waals surface area contributed by atoms with Crippen LogP contribution < -0.4 is 5.32 Å². The lowest BCUT2D eigenvalue weighted by atomic mass is 10.1. The topological polar surface area (TPSA) is 37.8 Å². The maximum Gasteiger partial charge on any atom is 0.129 e. The van der Waals surface area contributed by atoms with Gasteiger partial charge in [-0.1, -0.05) is 49.5 Å². The van der Waals surface area contributed by atoms with E-state index in [-0.39, 0.29) is 6.04 Å². The molecule has 0 aliphatic carbocycles. The summed E-state index contributed by atoms with van der Waals surface area (Å²) in [4.78, 5) is 0. The highest BCUT2D eigenvalue weighted by molar-refractivity contribution is 9.11. The second-order valence-corrected chi connectivity index (χ2v) is 7.29. The molecular formula is C14H10Br2ClN3S. The van der Waals surface area contributed by atoms with Crippen LogP contribution in [0, 0.1) is 0 Å². The van der Waals surface area contributed by atoms with E-state index in [0.29, 0.717) is 5.02 Å². The first-order valence-corrected chi connectivity index (χ1v) is 8.88. The number of rotatable bonds is 3. The van der Waals surface area contributed by atoms with Crippen molar-refractivity contribution in [3.63, 3.8) is 0 Å². The monoisotopic (exact) mass is 445 g/mol. The average Bonchev–Trinajstić information content (AvgIpc) is 2.90. The van der Waals surface area contributed by atoms with Crippen molar-refractivity contribution in [1.29, 1.82) is 0 Å². The van der Waals surface area contributed by atoms with Gasteiger partial charge in [0, 0.05) is 15.0 Å². The molecule has 1 unspecified atom stereocenters. The third kappa shape index (κ3) is 3.08. The summed E-state index contributed by atoms with van der Waals surface area (Å²) in [7, 11) is 0. The summed E-state index contributed by atoms with van der Waals surface area (Å²) in [5.74, 6) is 0. The molecule has 0 bridgehead atoms. The van der Waals surface area contributed by atoms with Gasteiger partial charge in [-0.15, -0.1) is 0 Å². The van der Waals surface area contributed by atoms with Gasteiger partial charge in [-0.2, -0.15) is 8.75 Å². The van der Waals surface area contributed by atoms with Crippen LogP contribution in [0.15, 0.2) is 39.3 Å². The van der Waals surface area contributed by atoms with Gasteiger partial charge in [0.2, 0.25) is 0 Å². The van der Waals surface area contributed by atoms with Crippen molar-refractivity contribution in [3.8, 4) is 0 Å². The first kappa shape index (κ1) is 15.2. The Bertz CT molecular complexity index is 806. The molecule has 3 rings (SSSR count). The van der Waals surface area contributed by atoms with Crippen LogP contribution in [0.5, 0.6) is 0 Å². The molecule has 0 aliphatic heterocycles. The van der Waals surface area contributed by atoms with Crippen molar-refractivity contribution in [2.24, 2.45) is 0 Å². The minimum atomic E-state index is 0.0808. The second-order valence-electron chi connectivity index (χ2n) is 4.59. The number of aromatic nitrogens is 2. The highest BCUT2D eigenvalue weighted by atomic mass is 79.9. The Morgan fingerprint density at radius 1 is 1.19 bits per heavy atom. The molecular weight excluding hydrogens is 438 g/mol. The minimum Gasteiger partial charge on any atom is -0.375 e. The summed E-state index contributed by atoms with van der Waals surface area (Å²) >= 11 is 14.6. The van der Waals surface area contributed by atoms with E-state index in [9.17, 15) is 0 Å². The van der Waals surface area contributed by atoms with Gasteiger partial charge < -0.3 is 5.32 Å². The Hall–Kier alpha value is -0.690. The molecule has 1 aromatic heterocycles. The Morgan fingerprint density at radius 3 is 2.76 bits per heavy atom.